The topological polar surface area (TPSA) is 55.3 Å². The Balaban J connectivity index is 1.88. The molecule has 0 spiro atoms. The first kappa shape index (κ1) is 19.8. The van der Waals surface area contributed by atoms with Crippen LogP contribution in [0.3, 0.4) is 0 Å². The second kappa shape index (κ2) is 7.98. The lowest BCUT2D eigenvalue weighted by Gasteiger charge is -2.27. The van der Waals surface area contributed by atoms with Crippen molar-refractivity contribution in [1.82, 2.24) is 4.57 Å². The highest BCUT2D eigenvalue weighted by atomic mass is 16.5. The van der Waals surface area contributed by atoms with Gasteiger partial charge >= 0.3 is 5.97 Å². The number of benzene rings is 2. The number of aryl methyl sites for hydroxylation is 3. The zero-order chi connectivity index (χ0) is 20.3. The maximum atomic E-state index is 13.1. The third-order valence-electron chi connectivity index (χ3n) is 5.13. The number of esters is 1. The molecule has 5 heteroatoms. The van der Waals surface area contributed by atoms with E-state index in [1.165, 1.54) is 0 Å². The van der Waals surface area contributed by atoms with Crippen molar-refractivity contribution in [2.45, 2.75) is 32.9 Å². The minimum atomic E-state index is -1.85. The van der Waals surface area contributed by atoms with E-state index in [1.54, 1.807) is 12.1 Å². The van der Waals surface area contributed by atoms with Crippen molar-refractivity contribution in [1.29, 1.82) is 0 Å². The molecule has 0 saturated heterocycles. The van der Waals surface area contributed by atoms with Gasteiger partial charge in [-0.25, -0.2) is 13.9 Å². The highest BCUT2D eigenvalue weighted by Crippen LogP contribution is 2.32. The van der Waals surface area contributed by atoms with Gasteiger partial charge < -0.3 is 9.84 Å². The molecule has 0 amide bonds. The zero-order valence-electron chi connectivity index (χ0n) is 16.8. The van der Waals surface area contributed by atoms with E-state index in [0.29, 0.717) is 17.7 Å². The van der Waals surface area contributed by atoms with Crippen molar-refractivity contribution in [2.75, 3.05) is 6.61 Å². The van der Waals surface area contributed by atoms with E-state index >= 15 is 0 Å². The number of aromatic nitrogens is 2. The molecule has 0 unspecified atom stereocenters. The molecule has 146 valence electrons. The van der Waals surface area contributed by atoms with Crippen LogP contribution >= 0.6 is 0 Å². The van der Waals surface area contributed by atoms with Crippen LogP contribution in [-0.2, 0) is 28.7 Å². The zero-order valence-corrected chi connectivity index (χ0v) is 16.8. The normalized spacial score (nSPS) is 11.5. The molecule has 28 heavy (non-hydrogen) atoms. The van der Waals surface area contributed by atoms with Crippen LogP contribution in [0.2, 0.25) is 0 Å². The standard InChI is InChI=1S/C23H27N2O3/c1-17-7-5-9-20(15-17)23(27,21-10-6-8-18(2)16-21)22(26)28-14-13-25-12-11-24(4)19(25)3/h5-12,15-16,27H,13-14H2,1-4H3/q+1. The highest BCUT2D eigenvalue weighted by Gasteiger charge is 2.42. The average molecular weight is 379 g/mol. The van der Waals surface area contributed by atoms with Gasteiger partial charge in [0.05, 0.1) is 7.05 Å². The molecule has 2 aromatic carbocycles. The molecule has 1 heterocycles. The van der Waals surface area contributed by atoms with E-state index in [-0.39, 0.29) is 6.61 Å². The second-order valence-electron chi connectivity index (χ2n) is 7.23. The highest BCUT2D eigenvalue weighted by molar-refractivity contribution is 5.85. The van der Waals surface area contributed by atoms with Gasteiger partial charge in [-0.3, -0.25) is 0 Å². The molecule has 1 N–H and O–H groups in total. The van der Waals surface area contributed by atoms with Crippen LogP contribution < -0.4 is 4.57 Å². The van der Waals surface area contributed by atoms with Crippen LogP contribution in [0.1, 0.15) is 28.1 Å². The quantitative estimate of drug-likeness (QED) is 0.529. The summed E-state index contributed by atoms with van der Waals surface area (Å²) < 4.78 is 9.55. The van der Waals surface area contributed by atoms with Crippen molar-refractivity contribution in [3.63, 3.8) is 0 Å². The third kappa shape index (κ3) is 3.85. The Hall–Kier alpha value is -2.92. The Bertz CT molecular complexity index is 946. The average Bonchev–Trinajstić information content (AvgIpc) is 2.99. The summed E-state index contributed by atoms with van der Waals surface area (Å²) in [6, 6.07) is 14.7. The van der Waals surface area contributed by atoms with Crippen LogP contribution in [0.4, 0.5) is 0 Å². The fourth-order valence-electron chi connectivity index (χ4n) is 3.32. The predicted molar refractivity (Wildman–Crippen MR) is 107 cm³/mol. The van der Waals surface area contributed by atoms with Gasteiger partial charge in [-0.15, -0.1) is 0 Å². The smallest absolute Gasteiger partial charge is 0.347 e. The number of nitrogens with zero attached hydrogens (tertiary/aromatic N) is 2. The summed E-state index contributed by atoms with van der Waals surface area (Å²) in [5, 5.41) is 11.5. The molecule has 5 nitrogen and oxygen atoms in total. The Morgan fingerprint density at radius 1 is 1.07 bits per heavy atom. The molecular formula is C23H27N2O3+. The number of hydrogen-bond acceptors (Lipinski definition) is 3. The Kier molecular flexibility index (Phi) is 5.66. The number of hydrogen-bond donors (Lipinski definition) is 1. The molecular weight excluding hydrogens is 352 g/mol. The van der Waals surface area contributed by atoms with Crippen molar-refractivity contribution in [3.8, 4) is 0 Å². The third-order valence-corrected chi connectivity index (χ3v) is 5.13. The molecule has 1 aromatic heterocycles. The van der Waals surface area contributed by atoms with E-state index in [2.05, 4.69) is 0 Å². The number of aliphatic hydroxyl groups is 1. The van der Waals surface area contributed by atoms with Gasteiger partial charge in [0.1, 0.15) is 25.5 Å². The lowest BCUT2D eigenvalue weighted by molar-refractivity contribution is -0.677. The van der Waals surface area contributed by atoms with Crippen molar-refractivity contribution < 1.29 is 19.2 Å². The maximum Gasteiger partial charge on any atom is 0.347 e. The molecule has 3 rings (SSSR count). The van der Waals surface area contributed by atoms with Gasteiger partial charge in [-0.2, -0.15) is 0 Å². The first-order chi connectivity index (χ1) is 13.3. The fourth-order valence-corrected chi connectivity index (χ4v) is 3.32. The summed E-state index contributed by atoms with van der Waals surface area (Å²) in [5.41, 5.74) is 1.09. The first-order valence-electron chi connectivity index (χ1n) is 9.37. The number of carbonyl (C=O) groups is 1. The van der Waals surface area contributed by atoms with Gasteiger partial charge in [0.2, 0.25) is 5.60 Å². The summed E-state index contributed by atoms with van der Waals surface area (Å²) in [6.07, 6.45) is 3.89. The minimum Gasteiger partial charge on any atom is -0.459 e. The molecule has 0 aliphatic carbocycles. The van der Waals surface area contributed by atoms with Crippen LogP contribution in [0, 0.1) is 20.8 Å². The lowest BCUT2D eigenvalue weighted by atomic mass is 9.85. The summed E-state index contributed by atoms with van der Waals surface area (Å²) in [6.45, 7) is 6.56. The molecule has 0 bridgehead atoms. The van der Waals surface area contributed by atoms with E-state index in [0.717, 1.165) is 17.0 Å². The maximum absolute atomic E-state index is 13.1. The van der Waals surface area contributed by atoms with Gasteiger partial charge in [-0.05, 0) is 25.0 Å². The second-order valence-corrected chi connectivity index (χ2v) is 7.23. The monoisotopic (exact) mass is 379 g/mol. The fraction of sp³-hybridized carbons (Fsp3) is 0.304. The molecule has 0 atom stereocenters. The first-order valence-corrected chi connectivity index (χ1v) is 9.37. The Morgan fingerprint density at radius 3 is 2.11 bits per heavy atom. The molecule has 0 radical (unpaired) electrons. The predicted octanol–water partition coefficient (Wildman–Crippen LogP) is 2.72. The van der Waals surface area contributed by atoms with E-state index < -0.39 is 11.6 Å². The number of ether oxygens (including phenoxy) is 1. The number of rotatable bonds is 6. The van der Waals surface area contributed by atoms with Crippen molar-refractivity contribution >= 4 is 5.97 Å². The summed E-state index contributed by atoms with van der Waals surface area (Å²) in [4.78, 5) is 13.1. The number of imidazole rings is 1. The van der Waals surface area contributed by atoms with Gasteiger partial charge in [-0.1, -0.05) is 59.7 Å². The van der Waals surface area contributed by atoms with Gasteiger partial charge in [0.25, 0.3) is 5.82 Å². The van der Waals surface area contributed by atoms with E-state index in [4.69, 9.17) is 4.74 Å². The lowest BCUT2D eigenvalue weighted by Crippen LogP contribution is -2.39. The SMILES string of the molecule is Cc1cccc(C(O)(C(=O)OCCn2cc[n+](C)c2C)c2cccc(C)c2)c1. The summed E-state index contributed by atoms with van der Waals surface area (Å²) >= 11 is 0. The summed E-state index contributed by atoms with van der Waals surface area (Å²) in [7, 11) is 1.96. The molecule has 0 aliphatic heterocycles. The van der Waals surface area contributed by atoms with Crippen molar-refractivity contribution in [2.24, 2.45) is 7.05 Å². The van der Waals surface area contributed by atoms with Crippen molar-refractivity contribution in [3.05, 3.63) is 89.0 Å². The summed E-state index contributed by atoms with van der Waals surface area (Å²) in [5.74, 6) is 0.390. The van der Waals surface area contributed by atoms with Crippen LogP contribution in [0.5, 0.6) is 0 Å². The number of carbonyl (C=O) groups excluding carboxylic acids is 1. The molecule has 0 aliphatic rings. The molecule has 0 fully saturated rings. The Morgan fingerprint density at radius 2 is 1.64 bits per heavy atom. The Labute approximate surface area is 165 Å². The van der Waals surface area contributed by atoms with Crippen LogP contribution in [0.25, 0.3) is 0 Å². The largest absolute Gasteiger partial charge is 0.459 e. The van der Waals surface area contributed by atoms with Crippen LogP contribution in [0.15, 0.2) is 60.9 Å². The van der Waals surface area contributed by atoms with E-state index in [9.17, 15) is 9.90 Å². The van der Waals surface area contributed by atoms with Gasteiger partial charge in [0.15, 0.2) is 0 Å². The minimum absolute atomic E-state index is 0.175. The molecule has 0 saturated carbocycles. The van der Waals surface area contributed by atoms with Gasteiger partial charge in [0, 0.05) is 6.92 Å². The van der Waals surface area contributed by atoms with Crippen LogP contribution in [-0.4, -0.2) is 22.2 Å². The molecule has 3 aromatic rings. The van der Waals surface area contributed by atoms with E-state index in [1.807, 2.05) is 85.7 Å².